The Hall–Kier alpha value is -1.96. The van der Waals surface area contributed by atoms with E-state index in [0.717, 1.165) is 0 Å². The third-order valence-electron chi connectivity index (χ3n) is 1.90. The summed E-state index contributed by atoms with van der Waals surface area (Å²) in [6.45, 7) is 0. The molecule has 2 unspecified atom stereocenters. The van der Waals surface area contributed by atoms with Gasteiger partial charge in [0, 0.05) is 0 Å². The van der Waals surface area contributed by atoms with Crippen molar-refractivity contribution in [2.45, 2.75) is 25.0 Å². The second-order valence-corrected chi connectivity index (χ2v) is 3.24. The molecule has 0 aromatic carbocycles. The smallest absolute Gasteiger partial charge is 0.321 e. The molecule has 8 nitrogen and oxygen atoms in total. The second-order valence-electron chi connectivity index (χ2n) is 3.24. The van der Waals surface area contributed by atoms with E-state index in [1.54, 1.807) is 0 Å². The van der Waals surface area contributed by atoms with E-state index in [9.17, 15) is 19.2 Å². The number of nitrogens with one attached hydrogen (secondary N) is 1. The number of hydrogen-bond donors (Lipinski definition) is 3. The third-order valence-corrected chi connectivity index (χ3v) is 1.90. The van der Waals surface area contributed by atoms with Gasteiger partial charge >= 0.3 is 11.9 Å². The van der Waals surface area contributed by atoms with E-state index in [-0.39, 0.29) is 6.42 Å². The van der Waals surface area contributed by atoms with Crippen molar-refractivity contribution in [1.82, 2.24) is 5.32 Å². The lowest BCUT2D eigenvalue weighted by Gasteiger charge is -2.10. The molecule has 1 saturated heterocycles. The largest absolute Gasteiger partial charge is 0.480 e. The zero-order valence-corrected chi connectivity index (χ0v) is 8.13. The molecule has 4 N–H and O–H groups in total. The fraction of sp³-hybridized carbons (Fsp3) is 0.500. The summed E-state index contributed by atoms with van der Waals surface area (Å²) in [5, 5.41) is 10.4. The third kappa shape index (κ3) is 3.02. The molecule has 0 aromatic heterocycles. The highest BCUT2D eigenvalue weighted by Crippen LogP contribution is 2.08. The van der Waals surface area contributed by atoms with Gasteiger partial charge in [-0.1, -0.05) is 0 Å². The Kier molecular flexibility index (Phi) is 3.56. The van der Waals surface area contributed by atoms with Gasteiger partial charge in [0.15, 0.2) is 6.10 Å². The van der Waals surface area contributed by atoms with Crippen molar-refractivity contribution in [2.24, 2.45) is 5.73 Å². The summed E-state index contributed by atoms with van der Waals surface area (Å²) < 4.78 is 4.60. The monoisotopic (exact) mass is 230 g/mol. The minimum atomic E-state index is -1.38. The summed E-state index contributed by atoms with van der Waals surface area (Å²) in [5.74, 6) is -3.51. The first-order chi connectivity index (χ1) is 7.40. The molecule has 16 heavy (non-hydrogen) atoms. The summed E-state index contributed by atoms with van der Waals surface area (Å²) in [4.78, 5) is 43.1. The molecule has 1 aliphatic heterocycles. The lowest BCUT2D eigenvalue weighted by atomic mass is 10.2. The zero-order chi connectivity index (χ0) is 12.3. The van der Waals surface area contributed by atoms with Crippen LogP contribution >= 0.6 is 0 Å². The van der Waals surface area contributed by atoms with Gasteiger partial charge in [-0.25, -0.2) is 0 Å². The van der Waals surface area contributed by atoms with Crippen molar-refractivity contribution in [3.05, 3.63) is 0 Å². The number of hydrogen-bond acceptors (Lipinski definition) is 6. The topological polar surface area (TPSA) is 136 Å². The van der Waals surface area contributed by atoms with E-state index < -0.39 is 42.3 Å². The summed E-state index contributed by atoms with van der Waals surface area (Å²) in [7, 11) is 0. The zero-order valence-electron chi connectivity index (χ0n) is 8.13. The van der Waals surface area contributed by atoms with Gasteiger partial charge in [-0.3, -0.25) is 24.5 Å². The van der Waals surface area contributed by atoms with Gasteiger partial charge in [-0.2, -0.15) is 0 Å². The van der Waals surface area contributed by atoms with Crippen LogP contribution in [0.1, 0.15) is 12.8 Å². The van der Waals surface area contributed by atoms with Crippen LogP contribution in [0.4, 0.5) is 0 Å². The highest BCUT2D eigenvalue weighted by molar-refractivity contribution is 6.05. The number of esters is 1. The second kappa shape index (κ2) is 4.71. The van der Waals surface area contributed by atoms with Gasteiger partial charge in [0.1, 0.15) is 6.04 Å². The van der Waals surface area contributed by atoms with Gasteiger partial charge < -0.3 is 15.6 Å². The van der Waals surface area contributed by atoms with E-state index in [2.05, 4.69) is 4.74 Å². The normalized spacial score (nSPS) is 21.4. The fourth-order valence-corrected chi connectivity index (χ4v) is 1.10. The van der Waals surface area contributed by atoms with Crippen LogP contribution in [-0.4, -0.2) is 41.0 Å². The van der Waals surface area contributed by atoms with Gasteiger partial charge in [-0.15, -0.1) is 0 Å². The van der Waals surface area contributed by atoms with Crippen LogP contribution in [0.5, 0.6) is 0 Å². The predicted octanol–water partition coefficient (Wildman–Crippen LogP) is -2.25. The first kappa shape index (κ1) is 12.1. The van der Waals surface area contributed by atoms with Crippen molar-refractivity contribution in [2.75, 3.05) is 0 Å². The Morgan fingerprint density at radius 3 is 2.62 bits per heavy atom. The molecule has 0 aromatic rings. The summed E-state index contributed by atoms with van der Waals surface area (Å²) in [6, 6.07) is -1.38. The number of rotatable bonds is 4. The molecule has 0 bridgehead atoms. The van der Waals surface area contributed by atoms with Crippen molar-refractivity contribution < 1.29 is 29.0 Å². The SMILES string of the molecule is NC(CC(=O)OC1CC(=O)NC1=O)C(=O)O. The van der Waals surface area contributed by atoms with Crippen molar-refractivity contribution in [3.63, 3.8) is 0 Å². The predicted molar refractivity (Wildman–Crippen MR) is 47.9 cm³/mol. The van der Waals surface area contributed by atoms with Crippen molar-refractivity contribution >= 4 is 23.8 Å². The number of nitrogens with two attached hydrogens (primary N) is 1. The minimum absolute atomic E-state index is 0.243. The minimum Gasteiger partial charge on any atom is -0.480 e. The summed E-state index contributed by atoms with van der Waals surface area (Å²) in [6.07, 6.45) is -1.97. The Labute approximate surface area is 89.7 Å². The van der Waals surface area contributed by atoms with Crippen LogP contribution in [0, 0.1) is 0 Å². The van der Waals surface area contributed by atoms with Gasteiger partial charge in [0.25, 0.3) is 5.91 Å². The molecule has 2 amide bonds. The van der Waals surface area contributed by atoms with Crippen LogP contribution in [-0.2, 0) is 23.9 Å². The highest BCUT2D eigenvalue weighted by Gasteiger charge is 2.34. The molecule has 88 valence electrons. The van der Waals surface area contributed by atoms with E-state index >= 15 is 0 Å². The van der Waals surface area contributed by atoms with E-state index in [4.69, 9.17) is 10.8 Å². The number of imide groups is 1. The maximum atomic E-state index is 11.1. The highest BCUT2D eigenvalue weighted by atomic mass is 16.5. The number of aliphatic carboxylic acids is 1. The number of carboxylic acids is 1. The van der Waals surface area contributed by atoms with Crippen LogP contribution in [0.3, 0.4) is 0 Å². The Balaban J connectivity index is 2.43. The summed E-state index contributed by atoms with van der Waals surface area (Å²) in [5.41, 5.74) is 5.09. The van der Waals surface area contributed by atoms with Crippen LogP contribution in [0.2, 0.25) is 0 Å². The van der Waals surface area contributed by atoms with Crippen LogP contribution < -0.4 is 11.1 Å². The van der Waals surface area contributed by atoms with Crippen LogP contribution in [0.15, 0.2) is 0 Å². The fourth-order valence-electron chi connectivity index (χ4n) is 1.10. The van der Waals surface area contributed by atoms with Crippen LogP contribution in [0.25, 0.3) is 0 Å². The van der Waals surface area contributed by atoms with Gasteiger partial charge in [-0.05, 0) is 0 Å². The van der Waals surface area contributed by atoms with E-state index in [1.807, 2.05) is 5.32 Å². The number of carboxylic acid groups (broad SMARTS) is 1. The lowest BCUT2D eigenvalue weighted by molar-refractivity contribution is -0.156. The quantitative estimate of drug-likeness (QED) is 0.366. The van der Waals surface area contributed by atoms with E-state index in [1.165, 1.54) is 0 Å². The number of carbonyl (C=O) groups excluding carboxylic acids is 3. The Bertz CT molecular complexity index is 352. The molecule has 8 heteroatoms. The van der Waals surface area contributed by atoms with E-state index in [0.29, 0.717) is 0 Å². The number of amides is 2. The van der Waals surface area contributed by atoms with Gasteiger partial charge in [0.2, 0.25) is 5.91 Å². The molecule has 0 saturated carbocycles. The standard InChI is InChI=1S/C8H10N2O6/c9-3(8(14)15)1-6(12)16-4-2-5(11)10-7(4)13/h3-4H,1-2,9H2,(H,14,15)(H,10,11,13). The molecule has 0 radical (unpaired) electrons. The lowest BCUT2D eigenvalue weighted by Crippen LogP contribution is -2.35. The van der Waals surface area contributed by atoms with Crippen molar-refractivity contribution in [1.29, 1.82) is 0 Å². The first-order valence-electron chi connectivity index (χ1n) is 4.41. The first-order valence-corrected chi connectivity index (χ1v) is 4.41. The molecule has 0 spiro atoms. The molecule has 1 aliphatic rings. The molecule has 2 atom stereocenters. The Morgan fingerprint density at radius 1 is 1.56 bits per heavy atom. The number of carbonyl (C=O) groups is 4. The molecular formula is C8H10N2O6. The summed E-state index contributed by atoms with van der Waals surface area (Å²) >= 11 is 0. The van der Waals surface area contributed by atoms with Crippen molar-refractivity contribution in [3.8, 4) is 0 Å². The molecule has 1 rings (SSSR count). The number of ether oxygens (including phenoxy) is 1. The average molecular weight is 230 g/mol. The molecule has 0 aliphatic carbocycles. The average Bonchev–Trinajstić information content (AvgIpc) is 2.44. The Morgan fingerprint density at radius 2 is 2.19 bits per heavy atom. The maximum absolute atomic E-state index is 11.1. The maximum Gasteiger partial charge on any atom is 0.321 e. The molecular weight excluding hydrogens is 220 g/mol. The molecule has 1 fully saturated rings. The molecule has 1 heterocycles. The van der Waals surface area contributed by atoms with Gasteiger partial charge in [0.05, 0.1) is 12.8 Å².